The van der Waals surface area contributed by atoms with Crippen LogP contribution in [0.4, 0.5) is 0 Å². The lowest BCUT2D eigenvalue weighted by molar-refractivity contribution is -0.136. The molecule has 0 spiro atoms. The molecule has 0 aromatic carbocycles. The van der Waals surface area contributed by atoms with E-state index in [0.29, 0.717) is 0 Å². The number of aliphatic carboxylic acids is 1. The maximum absolute atomic E-state index is 10.8. The van der Waals surface area contributed by atoms with Gasteiger partial charge in [0.05, 0.1) is 12.1 Å². The monoisotopic (exact) mass is 309 g/mol. The molecule has 0 saturated heterocycles. The molecule has 0 aliphatic rings. The van der Waals surface area contributed by atoms with Crippen molar-refractivity contribution in [2.75, 3.05) is 0 Å². The Bertz CT molecular complexity index is 613. The summed E-state index contributed by atoms with van der Waals surface area (Å²) in [6.07, 6.45) is 3.55. The van der Waals surface area contributed by atoms with Gasteiger partial charge in [0.1, 0.15) is 11.4 Å². The number of nitrogens with zero attached hydrogens (tertiary/aromatic N) is 3. The molecule has 0 unspecified atom stereocenters. The first kappa shape index (κ1) is 14.9. The molecule has 2 aromatic heterocycles. The molecular weight excluding hydrogens is 294 g/mol. The first-order valence-electron chi connectivity index (χ1n) is 6.25. The second-order valence-electron chi connectivity index (χ2n) is 4.26. The average Bonchev–Trinajstić information content (AvgIpc) is 2.69. The fourth-order valence-corrected chi connectivity index (χ4v) is 3.82. The van der Waals surface area contributed by atoms with Gasteiger partial charge in [-0.2, -0.15) is 0 Å². The fourth-order valence-electron chi connectivity index (χ4n) is 1.66. The summed E-state index contributed by atoms with van der Waals surface area (Å²) >= 11 is 2.87. The molecule has 2 heterocycles. The third kappa shape index (κ3) is 4.01. The lowest BCUT2D eigenvalue weighted by atomic mass is 10.2. The summed E-state index contributed by atoms with van der Waals surface area (Å²) in [5.41, 5.74) is 1.80. The summed E-state index contributed by atoms with van der Waals surface area (Å²) in [4.78, 5) is 24.4. The minimum atomic E-state index is -0.833. The number of rotatable bonds is 6. The Balaban J connectivity index is 2.13. The normalized spacial score (nSPS) is 10.7. The predicted molar refractivity (Wildman–Crippen MR) is 78.3 cm³/mol. The standard InChI is InChI=1S/C13H15N3O2S2/c1-3-4-9-5-11(15-7-14-9)20-13-16-8(2)10(19-13)6-12(17)18/h5,7H,3-4,6H2,1-2H3,(H,17,18). The van der Waals surface area contributed by atoms with Crippen LogP contribution >= 0.6 is 23.1 Å². The van der Waals surface area contributed by atoms with Crippen LogP contribution in [0.3, 0.4) is 0 Å². The van der Waals surface area contributed by atoms with Crippen molar-refractivity contribution < 1.29 is 9.90 Å². The van der Waals surface area contributed by atoms with Gasteiger partial charge in [-0.05, 0) is 31.2 Å². The second kappa shape index (κ2) is 6.81. The van der Waals surface area contributed by atoms with Crippen LogP contribution in [0, 0.1) is 6.92 Å². The number of hydrogen-bond acceptors (Lipinski definition) is 6. The fraction of sp³-hybridized carbons (Fsp3) is 0.385. The quantitative estimate of drug-likeness (QED) is 0.827. The van der Waals surface area contributed by atoms with E-state index in [-0.39, 0.29) is 6.42 Å². The van der Waals surface area contributed by atoms with E-state index in [1.165, 1.54) is 23.1 Å². The highest BCUT2D eigenvalue weighted by atomic mass is 32.2. The van der Waals surface area contributed by atoms with Gasteiger partial charge in [0.15, 0.2) is 4.34 Å². The molecule has 0 bridgehead atoms. The molecule has 106 valence electrons. The summed E-state index contributed by atoms with van der Waals surface area (Å²) in [5.74, 6) is -0.833. The summed E-state index contributed by atoms with van der Waals surface area (Å²) in [6.45, 7) is 3.94. The van der Waals surface area contributed by atoms with Gasteiger partial charge in [0.25, 0.3) is 0 Å². The summed E-state index contributed by atoms with van der Waals surface area (Å²) in [6, 6.07) is 1.96. The highest BCUT2D eigenvalue weighted by Gasteiger charge is 2.12. The molecule has 0 aliphatic heterocycles. The topological polar surface area (TPSA) is 76.0 Å². The van der Waals surface area contributed by atoms with Crippen molar-refractivity contribution in [3.05, 3.63) is 28.7 Å². The number of hydrogen-bond donors (Lipinski definition) is 1. The molecule has 7 heteroatoms. The van der Waals surface area contributed by atoms with E-state index in [2.05, 4.69) is 21.9 Å². The maximum atomic E-state index is 10.8. The van der Waals surface area contributed by atoms with Gasteiger partial charge in [0, 0.05) is 10.6 Å². The van der Waals surface area contributed by atoms with Gasteiger partial charge in [-0.3, -0.25) is 4.79 Å². The third-order valence-corrected chi connectivity index (χ3v) is 4.73. The highest BCUT2D eigenvalue weighted by Crippen LogP contribution is 2.32. The van der Waals surface area contributed by atoms with E-state index in [4.69, 9.17) is 5.11 Å². The van der Waals surface area contributed by atoms with Crippen LogP contribution < -0.4 is 0 Å². The number of carbonyl (C=O) groups is 1. The lowest BCUT2D eigenvalue weighted by Crippen LogP contribution is -1.99. The van der Waals surface area contributed by atoms with Crippen molar-refractivity contribution in [2.45, 2.75) is 42.5 Å². The first-order valence-corrected chi connectivity index (χ1v) is 7.88. The highest BCUT2D eigenvalue weighted by molar-refractivity contribution is 8.01. The number of carboxylic acid groups (broad SMARTS) is 1. The smallest absolute Gasteiger partial charge is 0.308 e. The molecular formula is C13H15N3O2S2. The Morgan fingerprint density at radius 3 is 2.95 bits per heavy atom. The van der Waals surface area contributed by atoms with E-state index < -0.39 is 5.97 Å². The SMILES string of the molecule is CCCc1cc(Sc2nc(C)c(CC(=O)O)s2)ncn1. The van der Waals surface area contributed by atoms with Gasteiger partial charge < -0.3 is 5.11 Å². The summed E-state index contributed by atoms with van der Waals surface area (Å²) < 4.78 is 0.819. The Labute approximate surface area is 125 Å². The maximum Gasteiger partial charge on any atom is 0.308 e. The Hall–Kier alpha value is -1.47. The van der Waals surface area contributed by atoms with E-state index >= 15 is 0 Å². The van der Waals surface area contributed by atoms with Gasteiger partial charge in [0.2, 0.25) is 0 Å². The van der Waals surface area contributed by atoms with Crippen LogP contribution in [-0.4, -0.2) is 26.0 Å². The number of aryl methyl sites for hydroxylation is 2. The van der Waals surface area contributed by atoms with Crippen molar-refractivity contribution in [1.82, 2.24) is 15.0 Å². The molecule has 0 fully saturated rings. The van der Waals surface area contributed by atoms with Crippen molar-refractivity contribution >= 4 is 29.1 Å². The van der Waals surface area contributed by atoms with E-state index in [1.807, 2.05) is 13.0 Å². The van der Waals surface area contributed by atoms with Crippen LogP contribution in [0.2, 0.25) is 0 Å². The Morgan fingerprint density at radius 2 is 2.25 bits per heavy atom. The molecule has 0 saturated carbocycles. The first-order chi connectivity index (χ1) is 9.58. The summed E-state index contributed by atoms with van der Waals surface area (Å²) in [7, 11) is 0. The number of carboxylic acids is 1. The summed E-state index contributed by atoms with van der Waals surface area (Å²) in [5, 5.41) is 9.68. The predicted octanol–water partition coefficient (Wildman–Crippen LogP) is 2.97. The van der Waals surface area contributed by atoms with Crippen LogP contribution in [-0.2, 0) is 17.6 Å². The molecule has 2 aromatic rings. The van der Waals surface area contributed by atoms with Crippen LogP contribution in [0.25, 0.3) is 0 Å². The molecule has 1 N–H and O–H groups in total. The van der Waals surface area contributed by atoms with Crippen molar-refractivity contribution in [1.29, 1.82) is 0 Å². The lowest BCUT2D eigenvalue weighted by Gasteiger charge is -2.00. The van der Waals surface area contributed by atoms with Crippen LogP contribution in [0.15, 0.2) is 21.8 Å². The zero-order valence-corrected chi connectivity index (χ0v) is 12.9. The van der Waals surface area contributed by atoms with Gasteiger partial charge in [-0.15, -0.1) is 11.3 Å². The van der Waals surface area contributed by atoms with Crippen LogP contribution in [0.5, 0.6) is 0 Å². The molecule has 2 rings (SSSR count). The van der Waals surface area contributed by atoms with E-state index in [0.717, 1.165) is 38.5 Å². The molecule has 0 amide bonds. The minimum Gasteiger partial charge on any atom is -0.481 e. The van der Waals surface area contributed by atoms with Gasteiger partial charge >= 0.3 is 5.97 Å². The number of thiazole rings is 1. The average molecular weight is 309 g/mol. The molecule has 5 nitrogen and oxygen atoms in total. The third-order valence-electron chi connectivity index (χ3n) is 2.58. The van der Waals surface area contributed by atoms with Gasteiger partial charge in [-0.25, -0.2) is 15.0 Å². The van der Waals surface area contributed by atoms with Crippen molar-refractivity contribution in [3.63, 3.8) is 0 Å². The van der Waals surface area contributed by atoms with Gasteiger partial charge in [-0.1, -0.05) is 13.3 Å². The minimum absolute atomic E-state index is 0.0227. The van der Waals surface area contributed by atoms with E-state index in [9.17, 15) is 4.79 Å². The van der Waals surface area contributed by atoms with Crippen molar-refractivity contribution in [3.8, 4) is 0 Å². The molecule has 0 aliphatic carbocycles. The largest absolute Gasteiger partial charge is 0.481 e. The Kier molecular flexibility index (Phi) is 5.08. The van der Waals surface area contributed by atoms with E-state index in [1.54, 1.807) is 6.33 Å². The molecule has 0 atom stereocenters. The zero-order valence-electron chi connectivity index (χ0n) is 11.3. The number of aromatic nitrogens is 3. The zero-order chi connectivity index (χ0) is 14.5. The Morgan fingerprint density at radius 1 is 1.45 bits per heavy atom. The molecule has 0 radical (unpaired) electrons. The van der Waals surface area contributed by atoms with Crippen molar-refractivity contribution in [2.24, 2.45) is 0 Å². The second-order valence-corrected chi connectivity index (χ2v) is 6.61. The van der Waals surface area contributed by atoms with Crippen LogP contribution in [0.1, 0.15) is 29.6 Å². The molecule has 20 heavy (non-hydrogen) atoms.